The Bertz CT molecular complexity index is 450. The fourth-order valence-electron chi connectivity index (χ4n) is 2.09. The molecule has 0 aliphatic rings. The van der Waals surface area contributed by atoms with Gasteiger partial charge in [-0.05, 0) is 17.9 Å². The van der Waals surface area contributed by atoms with Crippen LogP contribution in [0.25, 0.3) is 0 Å². The van der Waals surface area contributed by atoms with Gasteiger partial charge in [-0.25, -0.2) is 9.37 Å². The first kappa shape index (κ1) is 16.4. The number of aromatic nitrogens is 1. The van der Waals surface area contributed by atoms with Crippen LogP contribution in [0.2, 0.25) is 0 Å². The lowest BCUT2D eigenvalue weighted by molar-refractivity contribution is 0.0715. The predicted molar refractivity (Wildman–Crippen MR) is 79.3 cm³/mol. The van der Waals surface area contributed by atoms with Crippen LogP contribution in [0.4, 0.5) is 10.2 Å². The Morgan fingerprint density at radius 2 is 1.85 bits per heavy atom. The maximum absolute atomic E-state index is 13.4. The lowest BCUT2D eigenvalue weighted by Crippen LogP contribution is -2.37. The number of amides is 1. The standard InChI is InChI=1S/C15H24FN3O/c1-10(2)8-19(9-11(3)4)15(20)13-6-12(16)7-18-14(13)17-5/h6-7,10-11H,8-9H2,1-5H3,(H,17,18). The van der Waals surface area contributed by atoms with Gasteiger partial charge in [0.1, 0.15) is 11.6 Å². The highest BCUT2D eigenvalue weighted by Gasteiger charge is 2.21. The molecule has 1 aromatic heterocycles. The molecule has 1 heterocycles. The molecule has 0 saturated heterocycles. The van der Waals surface area contributed by atoms with Crippen molar-refractivity contribution in [2.45, 2.75) is 27.7 Å². The lowest BCUT2D eigenvalue weighted by atomic mass is 10.1. The summed E-state index contributed by atoms with van der Waals surface area (Å²) in [6.07, 6.45) is 1.11. The van der Waals surface area contributed by atoms with Gasteiger partial charge in [0.25, 0.3) is 5.91 Å². The van der Waals surface area contributed by atoms with Crippen molar-refractivity contribution in [3.63, 3.8) is 0 Å². The molecule has 0 radical (unpaired) electrons. The van der Waals surface area contributed by atoms with Crippen LogP contribution in [0.5, 0.6) is 0 Å². The maximum atomic E-state index is 13.4. The third-order valence-corrected chi connectivity index (χ3v) is 2.78. The molecule has 0 atom stereocenters. The summed E-state index contributed by atoms with van der Waals surface area (Å²) >= 11 is 0. The van der Waals surface area contributed by atoms with Crippen molar-refractivity contribution in [2.24, 2.45) is 11.8 Å². The SMILES string of the molecule is CNc1ncc(F)cc1C(=O)N(CC(C)C)CC(C)C. The number of carbonyl (C=O) groups excluding carboxylic acids is 1. The van der Waals surface area contributed by atoms with Crippen LogP contribution in [0.3, 0.4) is 0 Å². The van der Waals surface area contributed by atoms with E-state index in [0.29, 0.717) is 30.7 Å². The van der Waals surface area contributed by atoms with Gasteiger partial charge in [0.05, 0.1) is 11.8 Å². The van der Waals surface area contributed by atoms with Crippen molar-refractivity contribution < 1.29 is 9.18 Å². The minimum Gasteiger partial charge on any atom is -0.372 e. The zero-order valence-corrected chi connectivity index (χ0v) is 12.9. The van der Waals surface area contributed by atoms with Crippen LogP contribution >= 0.6 is 0 Å². The zero-order chi connectivity index (χ0) is 15.3. The van der Waals surface area contributed by atoms with Gasteiger partial charge in [-0.3, -0.25) is 4.79 Å². The number of halogens is 1. The van der Waals surface area contributed by atoms with Crippen molar-refractivity contribution >= 4 is 11.7 Å². The number of hydrogen-bond donors (Lipinski definition) is 1. The average Bonchev–Trinajstić information content (AvgIpc) is 2.36. The second-order valence-electron chi connectivity index (χ2n) is 5.80. The van der Waals surface area contributed by atoms with Gasteiger partial charge in [-0.15, -0.1) is 0 Å². The predicted octanol–water partition coefficient (Wildman–Crippen LogP) is 3.02. The second-order valence-corrected chi connectivity index (χ2v) is 5.80. The van der Waals surface area contributed by atoms with Gasteiger partial charge in [0, 0.05) is 20.1 Å². The summed E-state index contributed by atoms with van der Waals surface area (Å²) in [4.78, 5) is 18.3. The van der Waals surface area contributed by atoms with Crippen molar-refractivity contribution in [3.8, 4) is 0 Å². The summed E-state index contributed by atoms with van der Waals surface area (Å²) in [6.45, 7) is 9.53. The van der Waals surface area contributed by atoms with E-state index in [-0.39, 0.29) is 11.5 Å². The van der Waals surface area contributed by atoms with Crippen LogP contribution in [-0.2, 0) is 0 Å². The van der Waals surface area contributed by atoms with Gasteiger partial charge in [0.15, 0.2) is 0 Å². The minimum absolute atomic E-state index is 0.177. The molecule has 5 heteroatoms. The molecule has 0 spiro atoms. The highest BCUT2D eigenvalue weighted by atomic mass is 19.1. The lowest BCUT2D eigenvalue weighted by Gasteiger charge is -2.27. The van der Waals surface area contributed by atoms with Gasteiger partial charge in [-0.2, -0.15) is 0 Å². The second kappa shape index (κ2) is 7.22. The molecule has 0 aromatic carbocycles. The zero-order valence-electron chi connectivity index (χ0n) is 12.9. The summed E-state index contributed by atoms with van der Waals surface area (Å²) in [5.41, 5.74) is 0.286. The van der Waals surface area contributed by atoms with E-state index in [9.17, 15) is 9.18 Å². The number of nitrogens with one attached hydrogen (secondary N) is 1. The number of rotatable bonds is 6. The molecule has 1 aromatic rings. The summed E-state index contributed by atoms with van der Waals surface area (Å²) in [6, 6.07) is 1.24. The summed E-state index contributed by atoms with van der Waals surface area (Å²) < 4.78 is 13.4. The Morgan fingerprint density at radius 1 is 1.30 bits per heavy atom. The van der Waals surface area contributed by atoms with E-state index in [1.807, 2.05) is 0 Å². The third-order valence-electron chi connectivity index (χ3n) is 2.78. The fourth-order valence-corrected chi connectivity index (χ4v) is 2.09. The molecule has 4 nitrogen and oxygen atoms in total. The molecule has 0 saturated carbocycles. The first-order valence-corrected chi connectivity index (χ1v) is 6.97. The van der Waals surface area contributed by atoms with E-state index in [0.717, 1.165) is 6.20 Å². The van der Waals surface area contributed by atoms with Gasteiger partial charge in [-0.1, -0.05) is 27.7 Å². The molecular weight excluding hydrogens is 257 g/mol. The largest absolute Gasteiger partial charge is 0.372 e. The smallest absolute Gasteiger partial charge is 0.257 e. The molecule has 20 heavy (non-hydrogen) atoms. The highest BCUT2D eigenvalue weighted by Crippen LogP contribution is 2.17. The molecule has 0 bridgehead atoms. The molecule has 0 aliphatic heterocycles. The van der Waals surface area contributed by atoms with Crippen LogP contribution in [0.15, 0.2) is 12.3 Å². The first-order valence-electron chi connectivity index (χ1n) is 6.97. The molecule has 1 amide bonds. The van der Waals surface area contributed by atoms with Crippen molar-refractivity contribution in [2.75, 3.05) is 25.5 Å². The topological polar surface area (TPSA) is 45.2 Å². The van der Waals surface area contributed by atoms with Crippen molar-refractivity contribution in [1.29, 1.82) is 0 Å². The van der Waals surface area contributed by atoms with E-state index in [1.165, 1.54) is 6.07 Å². The first-order chi connectivity index (χ1) is 9.35. The summed E-state index contributed by atoms with van der Waals surface area (Å²) in [5, 5.41) is 2.84. The minimum atomic E-state index is -0.499. The Morgan fingerprint density at radius 3 is 2.30 bits per heavy atom. The van der Waals surface area contributed by atoms with Crippen LogP contribution in [0, 0.1) is 17.7 Å². The monoisotopic (exact) mass is 281 g/mol. The molecule has 1 rings (SSSR count). The van der Waals surface area contributed by atoms with Gasteiger partial charge in [0.2, 0.25) is 0 Å². The average molecular weight is 281 g/mol. The van der Waals surface area contributed by atoms with Crippen molar-refractivity contribution in [3.05, 3.63) is 23.6 Å². The van der Waals surface area contributed by atoms with E-state index >= 15 is 0 Å². The van der Waals surface area contributed by atoms with E-state index in [2.05, 4.69) is 38.0 Å². The summed E-state index contributed by atoms with van der Waals surface area (Å²) in [7, 11) is 1.67. The molecule has 0 aliphatic carbocycles. The maximum Gasteiger partial charge on any atom is 0.257 e. The number of hydrogen-bond acceptors (Lipinski definition) is 3. The molecular formula is C15H24FN3O. The Kier molecular flexibility index (Phi) is 5.92. The molecule has 112 valence electrons. The normalized spacial score (nSPS) is 11.0. The van der Waals surface area contributed by atoms with Crippen molar-refractivity contribution in [1.82, 2.24) is 9.88 Å². The quantitative estimate of drug-likeness (QED) is 0.871. The number of pyridine rings is 1. The Hall–Kier alpha value is -1.65. The van der Waals surface area contributed by atoms with E-state index < -0.39 is 5.82 Å². The number of nitrogens with zero attached hydrogens (tertiary/aromatic N) is 2. The molecule has 0 unspecified atom stereocenters. The number of carbonyl (C=O) groups is 1. The fraction of sp³-hybridized carbons (Fsp3) is 0.600. The van der Waals surface area contributed by atoms with E-state index in [1.54, 1.807) is 11.9 Å². The van der Waals surface area contributed by atoms with Gasteiger partial charge < -0.3 is 10.2 Å². The summed E-state index contributed by atoms with van der Waals surface area (Å²) in [5.74, 6) is 0.452. The Labute approximate surface area is 120 Å². The van der Waals surface area contributed by atoms with Crippen LogP contribution in [0.1, 0.15) is 38.1 Å². The number of anilines is 1. The third kappa shape index (κ3) is 4.47. The van der Waals surface area contributed by atoms with Crippen LogP contribution in [-0.4, -0.2) is 35.9 Å². The Balaban J connectivity index is 3.07. The highest BCUT2D eigenvalue weighted by molar-refractivity contribution is 5.98. The van der Waals surface area contributed by atoms with Crippen LogP contribution < -0.4 is 5.32 Å². The molecule has 1 N–H and O–H groups in total. The van der Waals surface area contributed by atoms with E-state index in [4.69, 9.17) is 0 Å². The molecule has 0 fully saturated rings. The van der Waals surface area contributed by atoms with Gasteiger partial charge >= 0.3 is 0 Å².